The van der Waals surface area contributed by atoms with Gasteiger partial charge in [0.2, 0.25) is 0 Å². The molecule has 1 heterocycles. The highest BCUT2D eigenvalue weighted by molar-refractivity contribution is 7.90. The van der Waals surface area contributed by atoms with Gasteiger partial charge in [-0.2, -0.15) is 0 Å². The molecule has 1 fully saturated rings. The summed E-state index contributed by atoms with van der Waals surface area (Å²) in [4.78, 5) is 12.7. The van der Waals surface area contributed by atoms with E-state index in [4.69, 9.17) is 0 Å². The number of benzene rings is 2. The molecule has 0 aromatic heterocycles. The number of rotatable bonds is 5. The quantitative estimate of drug-likeness (QED) is 0.613. The average molecular weight is 346 g/mol. The Labute approximate surface area is 140 Å². The second kappa shape index (κ2) is 6.60. The zero-order valence-electron chi connectivity index (χ0n) is 13.1. The van der Waals surface area contributed by atoms with E-state index in [0.29, 0.717) is 11.3 Å². The third-order valence-corrected chi connectivity index (χ3v) is 5.78. The van der Waals surface area contributed by atoms with Gasteiger partial charge >= 0.3 is 0 Å². The molecule has 0 N–H and O–H groups in total. The Morgan fingerprint density at radius 3 is 2.33 bits per heavy atom. The lowest BCUT2D eigenvalue weighted by Gasteiger charge is -2.18. The fourth-order valence-corrected chi connectivity index (χ4v) is 4.29. The van der Waals surface area contributed by atoms with Gasteiger partial charge in [-0.15, -0.1) is 0 Å². The molecule has 0 unspecified atom stereocenters. The summed E-state index contributed by atoms with van der Waals surface area (Å²) in [7, 11) is -3.65. The molecule has 0 aliphatic carbocycles. The van der Waals surface area contributed by atoms with Crippen LogP contribution in [0.5, 0.6) is 0 Å². The number of anilines is 1. The Morgan fingerprint density at radius 1 is 1.04 bits per heavy atom. The fraction of sp³-hybridized carbons (Fsp3) is 0.294. The van der Waals surface area contributed by atoms with Crippen LogP contribution >= 0.6 is 0 Å². The van der Waals surface area contributed by atoms with Crippen LogP contribution in [0.2, 0.25) is 0 Å². The van der Waals surface area contributed by atoms with Crippen LogP contribution in [-0.4, -0.2) is 26.4 Å². The van der Waals surface area contributed by atoms with E-state index >= 15 is 0 Å². The summed E-state index contributed by atoms with van der Waals surface area (Å²) in [5, 5.41) is 11.2. The molecule has 7 heteroatoms. The highest BCUT2D eigenvalue weighted by atomic mass is 32.2. The van der Waals surface area contributed by atoms with Gasteiger partial charge in [0, 0.05) is 30.9 Å². The molecule has 126 valence electrons. The van der Waals surface area contributed by atoms with E-state index in [0.717, 1.165) is 32.0 Å². The Morgan fingerprint density at radius 2 is 1.71 bits per heavy atom. The van der Waals surface area contributed by atoms with Crippen LogP contribution in [0, 0.1) is 10.1 Å². The second-order valence-electron chi connectivity index (χ2n) is 5.88. The molecule has 24 heavy (non-hydrogen) atoms. The largest absolute Gasteiger partial charge is 0.371 e. The molecule has 2 aromatic carbocycles. The number of sulfone groups is 1. The molecule has 0 radical (unpaired) electrons. The standard InChI is InChI=1S/C17H18N2O4S/c20-19(21)16-10-15(18-8-4-5-9-18)11-17(12-16)24(22,23)13-14-6-2-1-3-7-14/h1-3,6-7,10-12H,4-5,8-9,13H2. The molecule has 0 saturated carbocycles. The first-order chi connectivity index (χ1) is 11.5. The zero-order chi connectivity index (χ0) is 17.2. The molecular formula is C17H18N2O4S. The van der Waals surface area contributed by atoms with Crippen molar-refractivity contribution in [3.8, 4) is 0 Å². The van der Waals surface area contributed by atoms with Gasteiger partial charge < -0.3 is 4.90 Å². The van der Waals surface area contributed by atoms with Gasteiger partial charge in [-0.25, -0.2) is 8.42 Å². The number of nitro groups is 1. The molecule has 0 atom stereocenters. The van der Waals surface area contributed by atoms with Crippen molar-refractivity contribution in [3.05, 3.63) is 64.2 Å². The van der Waals surface area contributed by atoms with Crippen molar-refractivity contribution < 1.29 is 13.3 Å². The summed E-state index contributed by atoms with van der Waals surface area (Å²) in [6.45, 7) is 1.58. The van der Waals surface area contributed by atoms with Gasteiger partial charge in [0.1, 0.15) is 0 Å². The summed E-state index contributed by atoms with van der Waals surface area (Å²) in [6.07, 6.45) is 2.02. The number of nitrogens with zero attached hydrogens (tertiary/aromatic N) is 2. The molecule has 1 aliphatic rings. The lowest BCUT2D eigenvalue weighted by Crippen LogP contribution is -2.18. The van der Waals surface area contributed by atoms with Crippen molar-refractivity contribution in [1.29, 1.82) is 0 Å². The van der Waals surface area contributed by atoms with E-state index in [1.807, 2.05) is 11.0 Å². The molecule has 0 bridgehead atoms. The molecule has 1 aliphatic heterocycles. The summed E-state index contributed by atoms with van der Waals surface area (Å²) < 4.78 is 25.4. The van der Waals surface area contributed by atoms with Gasteiger partial charge in [-0.1, -0.05) is 30.3 Å². The van der Waals surface area contributed by atoms with Crippen LogP contribution in [0.25, 0.3) is 0 Å². The second-order valence-corrected chi connectivity index (χ2v) is 7.87. The molecule has 6 nitrogen and oxygen atoms in total. The third-order valence-electron chi connectivity index (χ3n) is 4.12. The number of non-ortho nitro benzene ring substituents is 1. The SMILES string of the molecule is O=[N+]([O-])c1cc(N2CCCC2)cc(S(=O)(=O)Cc2ccccc2)c1. The first kappa shape index (κ1) is 16.4. The topological polar surface area (TPSA) is 80.5 Å². The normalized spacial score (nSPS) is 14.8. The fourth-order valence-electron chi connectivity index (χ4n) is 2.89. The third kappa shape index (κ3) is 3.56. The van der Waals surface area contributed by atoms with Crippen LogP contribution in [0.4, 0.5) is 11.4 Å². The number of hydrogen-bond donors (Lipinski definition) is 0. The minimum atomic E-state index is -3.65. The number of hydrogen-bond acceptors (Lipinski definition) is 5. The van der Waals surface area contributed by atoms with Gasteiger partial charge in [-0.3, -0.25) is 10.1 Å². The lowest BCUT2D eigenvalue weighted by molar-refractivity contribution is -0.385. The van der Waals surface area contributed by atoms with E-state index in [1.165, 1.54) is 6.07 Å². The maximum Gasteiger partial charge on any atom is 0.272 e. The van der Waals surface area contributed by atoms with E-state index in [9.17, 15) is 18.5 Å². The zero-order valence-corrected chi connectivity index (χ0v) is 13.9. The van der Waals surface area contributed by atoms with E-state index in [1.54, 1.807) is 30.3 Å². The smallest absolute Gasteiger partial charge is 0.272 e. The summed E-state index contributed by atoms with van der Waals surface area (Å²) in [5.41, 5.74) is 1.08. The predicted molar refractivity (Wildman–Crippen MR) is 91.9 cm³/mol. The molecule has 0 amide bonds. The van der Waals surface area contributed by atoms with Gasteiger partial charge in [0.05, 0.1) is 15.6 Å². The Bertz CT molecular complexity index is 844. The van der Waals surface area contributed by atoms with Crippen LogP contribution in [0.1, 0.15) is 18.4 Å². The Kier molecular flexibility index (Phi) is 4.53. The minimum Gasteiger partial charge on any atom is -0.371 e. The van der Waals surface area contributed by atoms with E-state index < -0.39 is 14.8 Å². The van der Waals surface area contributed by atoms with Crippen molar-refractivity contribution in [1.82, 2.24) is 0 Å². The number of nitro benzene ring substituents is 1. The van der Waals surface area contributed by atoms with Crippen LogP contribution in [0.15, 0.2) is 53.4 Å². The maximum atomic E-state index is 12.7. The molecule has 1 saturated heterocycles. The predicted octanol–water partition coefficient (Wildman–Crippen LogP) is 3.17. The first-order valence-electron chi connectivity index (χ1n) is 7.77. The summed E-state index contributed by atoms with van der Waals surface area (Å²) in [5.74, 6) is -0.172. The molecule has 0 spiro atoms. The van der Waals surface area contributed by atoms with Crippen LogP contribution in [-0.2, 0) is 15.6 Å². The molecule has 3 rings (SSSR count). The van der Waals surface area contributed by atoms with Crippen LogP contribution < -0.4 is 4.90 Å². The van der Waals surface area contributed by atoms with Crippen molar-refractivity contribution >= 4 is 21.2 Å². The van der Waals surface area contributed by atoms with Crippen LogP contribution in [0.3, 0.4) is 0 Å². The monoisotopic (exact) mass is 346 g/mol. The van der Waals surface area contributed by atoms with Gasteiger partial charge in [0.15, 0.2) is 9.84 Å². The lowest BCUT2D eigenvalue weighted by atomic mass is 10.2. The highest BCUT2D eigenvalue weighted by Gasteiger charge is 2.23. The van der Waals surface area contributed by atoms with Crippen molar-refractivity contribution in [2.45, 2.75) is 23.5 Å². The molecular weight excluding hydrogens is 328 g/mol. The van der Waals surface area contributed by atoms with Gasteiger partial charge in [0.25, 0.3) is 5.69 Å². The Hall–Kier alpha value is -2.41. The minimum absolute atomic E-state index is 0.00227. The van der Waals surface area contributed by atoms with Crippen molar-refractivity contribution in [2.24, 2.45) is 0 Å². The highest BCUT2D eigenvalue weighted by Crippen LogP contribution is 2.30. The average Bonchev–Trinajstić information content (AvgIpc) is 3.09. The van der Waals surface area contributed by atoms with E-state index in [-0.39, 0.29) is 16.3 Å². The summed E-state index contributed by atoms with van der Waals surface area (Å²) >= 11 is 0. The summed E-state index contributed by atoms with van der Waals surface area (Å²) in [6, 6.07) is 13.0. The van der Waals surface area contributed by atoms with Crippen molar-refractivity contribution in [3.63, 3.8) is 0 Å². The Balaban J connectivity index is 2.00. The van der Waals surface area contributed by atoms with Crippen molar-refractivity contribution in [2.75, 3.05) is 18.0 Å². The maximum absolute atomic E-state index is 12.7. The van der Waals surface area contributed by atoms with Gasteiger partial charge in [-0.05, 0) is 24.5 Å². The first-order valence-corrected chi connectivity index (χ1v) is 9.42. The molecule has 2 aromatic rings. The van der Waals surface area contributed by atoms with E-state index in [2.05, 4.69) is 0 Å².